The monoisotopic (exact) mass is 220 g/mol. The van der Waals surface area contributed by atoms with Crippen molar-refractivity contribution in [2.75, 3.05) is 6.61 Å². The van der Waals surface area contributed by atoms with Gasteiger partial charge in [0.1, 0.15) is 0 Å². The minimum absolute atomic E-state index is 0.0586. The van der Waals surface area contributed by atoms with E-state index in [-0.39, 0.29) is 11.4 Å². The Kier molecular flexibility index (Phi) is 4.11. The predicted molar refractivity (Wildman–Crippen MR) is 65.5 cm³/mol. The van der Waals surface area contributed by atoms with Gasteiger partial charge in [0.05, 0.1) is 13.0 Å². The molecular formula is C14H20O2. The second-order valence-electron chi connectivity index (χ2n) is 4.89. The van der Waals surface area contributed by atoms with E-state index in [2.05, 4.69) is 26.8 Å². The van der Waals surface area contributed by atoms with E-state index < -0.39 is 0 Å². The van der Waals surface area contributed by atoms with E-state index in [4.69, 9.17) is 4.74 Å². The zero-order valence-corrected chi connectivity index (χ0v) is 10.5. The quantitative estimate of drug-likeness (QED) is 0.732. The molecule has 1 aromatic carbocycles. The highest BCUT2D eigenvalue weighted by Gasteiger charge is 2.18. The van der Waals surface area contributed by atoms with Gasteiger partial charge in [-0.15, -0.1) is 0 Å². The van der Waals surface area contributed by atoms with Crippen LogP contribution in [-0.2, 0) is 21.4 Å². The van der Waals surface area contributed by atoms with Crippen LogP contribution >= 0.6 is 0 Å². The number of esters is 1. The maximum absolute atomic E-state index is 11.5. The smallest absolute Gasteiger partial charge is 0.310 e. The lowest BCUT2D eigenvalue weighted by atomic mass is 9.83. The molecule has 0 heterocycles. The van der Waals surface area contributed by atoms with E-state index in [1.807, 2.05) is 25.1 Å². The highest BCUT2D eigenvalue weighted by Crippen LogP contribution is 2.26. The minimum Gasteiger partial charge on any atom is -0.466 e. The Balaban J connectivity index is 2.92. The van der Waals surface area contributed by atoms with Crippen LogP contribution in [0, 0.1) is 0 Å². The molecule has 1 aromatic rings. The van der Waals surface area contributed by atoms with Crippen LogP contribution in [0.5, 0.6) is 0 Å². The molecule has 0 unspecified atom stereocenters. The topological polar surface area (TPSA) is 26.3 Å². The number of hydrogen-bond donors (Lipinski definition) is 0. The van der Waals surface area contributed by atoms with Gasteiger partial charge in [-0.3, -0.25) is 4.79 Å². The maximum atomic E-state index is 11.5. The lowest BCUT2D eigenvalue weighted by Gasteiger charge is -2.22. The molecule has 0 aliphatic rings. The molecule has 0 aliphatic heterocycles. The number of ether oxygens (including phenoxy) is 1. The van der Waals surface area contributed by atoms with Crippen molar-refractivity contribution < 1.29 is 9.53 Å². The summed E-state index contributed by atoms with van der Waals surface area (Å²) in [5, 5.41) is 0. The summed E-state index contributed by atoms with van der Waals surface area (Å²) in [5.41, 5.74) is 2.33. The van der Waals surface area contributed by atoms with Crippen molar-refractivity contribution in [3.63, 3.8) is 0 Å². The summed E-state index contributed by atoms with van der Waals surface area (Å²) >= 11 is 0. The van der Waals surface area contributed by atoms with Crippen molar-refractivity contribution in [2.24, 2.45) is 0 Å². The fourth-order valence-electron chi connectivity index (χ4n) is 1.77. The summed E-state index contributed by atoms with van der Waals surface area (Å²) < 4.78 is 4.97. The average molecular weight is 220 g/mol. The molecule has 2 heteroatoms. The lowest BCUT2D eigenvalue weighted by molar-refractivity contribution is -0.142. The number of carbonyl (C=O) groups is 1. The zero-order chi connectivity index (χ0) is 12.2. The van der Waals surface area contributed by atoms with Gasteiger partial charge in [0.15, 0.2) is 0 Å². The van der Waals surface area contributed by atoms with Crippen LogP contribution in [0.1, 0.15) is 38.8 Å². The van der Waals surface area contributed by atoms with Crippen LogP contribution in [0.2, 0.25) is 0 Å². The third kappa shape index (κ3) is 3.37. The van der Waals surface area contributed by atoms with Crippen LogP contribution in [0.3, 0.4) is 0 Å². The molecule has 1 rings (SSSR count). The van der Waals surface area contributed by atoms with Gasteiger partial charge in [0, 0.05) is 0 Å². The van der Waals surface area contributed by atoms with Crippen molar-refractivity contribution in [1.82, 2.24) is 0 Å². The number of rotatable bonds is 3. The molecule has 88 valence electrons. The Hall–Kier alpha value is -1.31. The Morgan fingerprint density at radius 1 is 1.25 bits per heavy atom. The third-order valence-electron chi connectivity index (χ3n) is 2.47. The summed E-state index contributed by atoms with van der Waals surface area (Å²) in [6.45, 7) is 8.72. The molecule has 0 atom stereocenters. The summed E-state index contributed by atoms with van der Waals surface area (Å²) in [5.74, 6) is -0.154. The molecule has 0 spiro atoms. The highest BCUT2D eigenvalue weighted by molar-refractivity contribution is 5.73. The molecule has 0 fully saturated rings. The molecule has 0 radical (unpaired) electrons. The molecule has 16 heavy (non-hydrogen) atoms. The SMILES string of the molecule is CCOC(=O)Cc1ccccc1C(C)(C)C. The van der Waals surface area contributed by atoms with Crippen molar-refractivity contribution >= 4 is 5.97 Å². The third-order valence-corrected chi connectivity index (χ3v) is 2.47. The molecule has 0 N–H and O–H groups in total. The standard InChI is InChI=1S/C14H20O2/c1-5-16-13(15)10-11-8-6-7-9-12(11)14(2,3)4/h6-9H,5,10H2,1-4H3. The Labute approximate surface area is 97.6 Å². The van der Waals surface area contributed by atoms with Gasteiger partial charge in [0.2, 0.25) is 0 Å². The molecular weight excluding hydrogens is 200 g/mol. The average Bonchev–Trinajstić information content (AvgIpc) is 2.17. The second-order valence-corrected chi connectivity index (χ2v) is 4.89. The Bertz CT molecular complexity index is 361. The molecule has 0 bridgehead atoms. The first-order chi connectivity index (χ1) is 7.45. The van der Waals surface area contributed by atoms with Crippen LogP contribution in [0.25, 0.3) is 0 Å². The molecule has 0 aliphatic carbocycles. The molecule has 0 amide bonds. The highest BCUT2D eigenvalue weighted by atomic mass is 16.5. The van der Waals surface area contributed by atoms with Gasteiger partial charge >= 0.3 is 5.97 Å². The summed E-state index contributed by atoms with van der Waals surface area (Å²) in [7, 11) is 0. The maximum Gasteiger partial charge on any atom is 0.310 e. The first kappa shape index (κ1) is 12.8. The second kappa shape index (κ2) is 5.15. The first-order valence-corrected chi connectivity index (χ1v) is 5.69. The summed E-state index contributed by atoms with van der Waals surface area (Å²) in [6.07, 6.45) is 0.362. The number of benzene rings is 1. The lowest BCUT2D eigenvalue weighted by Crippen LogP contribution is -2.17. The van der Waals surface area contributed by atoms with E-state index in [0.717, 1.165) is 5.56 Å². The molecule has 0 saturated carbocycles. The summed E-state index contributed by atoms with van der Waals surface area (Å²) in [4.78, 5) is 11.5. The molecule has 2 nitrogen and oxygen atoms in total. The first-order valence-electron chi connectivity index (χ1n) is 5.69. The van der Waals surface area contributed by atoms with Gasteiger partial charge in [-0.05, 0) is 23.5 Å². The van der Waals surface area contributed by atoms with Gasteiger partial charge in [-0.1, -0.05) is 45.0 Å². The van der Waals surface area contributed by atoms with Crippen LogP contribution < -0.4 is 0 Å². The normalized spacial score (nSPS) is 11.2. The van der Waals surface area contributed by atoms with E-state index in [1.165, 1.54) is 5.56 Å². The molecule has 0 aromatic heterocycles. The molecule has 0 saturated heterocycles. The minimum atomic E-state index is -0.154. The van der Waals surface area contributed by atoms with Crippen molar-refractivity contribution in [2.45, 2.75) is 39.5 Å². The zero-order valence-electron chi connectivity index (χ0n) is 10.5. The van der Waals surface area contributed by atoms with Crippen molar-refractivity contribution in [1.29, 1.82) is 0 Å². The fourth-order valence-corrected chi connectivity index (χ4v) is 1.77. The summed E-state index contributed by atoms with van der Waals surface area (Å²) in [6, 6.07) is 8.05. The predicted octanol–water partition coefficient (Wildman–Crippen LogP) is 3.09. The Morgan fingerprint density at radius 3 is 2.44 bits per heavy atom. The number of carbonyl (C=O) groups excluding carboxylic acids is 1. The van der Waals surface area contributed by atoms with Gasteiger partial charge in [0.25, 0.3) is 0 Å². The number of hydrogen-bond acceptors (Lipinski definition) is 2. The van der Waals surface area contributed by atoms with E-state index in [1.54, 1.807) is 0 Å². The van der Waals surface area contributed by atoms with E-state index >= 15 is 0 Å². The Morgan fingerprint density at radius 2 is 1.88 bits per heavy atom. The fraction of sp³-hybridized carbons (Fsp3) is 0.500. The van der Waals surface area contributed by atoms with Crippen LogP contribution in [0.4, 0.5) is 0 Å². The van der Waals surface area contributed by atoms with Crippen LogP contribution in [0.15, 0.2) is 24.3 Å². The van der Waals surface area contributed by atoms with Crippen molar-refractivity contribution in [3.05, 3.63) is 35.4 Å². The van der Waals surface area contributed by atoms with Gasteiger partial charge < -0.3 is 4.74 Å². The van der Waals surface area contributed by atoms with Gasteiger partial charge in [-0.25, -0.2) is 0 Å². The van der Waals surface area contributed by atoms with E-state index in [0.29, 0.717) is 13.0 Å². The largest absolute Gasteiger partial charge is 0.466 e. The van der Waals surface area contributed by atoms with Gasteiger partial charge in [-0.2, -0.15) is 0 Å². The van der Waals surface area contributed by atoms with E-state index in [9.17, 15) is 4.79 Å². The van der Waals surface area contributed by atoms with Crippen LogP contribution in [-0.4, -0.2) is 12.6 Å². The van der Waals surface area contributed by atoms with Crippen molar-refractivity contribution in [3.8, 4) is 0 Å².